The van der Waals surface area contributed by atoms with Gasteiger partial charge in [0.2, 0.25) is 5.91 Å². The molecule has 0 saturated carbocycles. The summed E-state index contributed by atoms with van der Waals surface area (Å²) in [5.74, 6) is -0.326. The summed E-state index contributed by atoms with van der Waals surface area (Å²) in [5, 5.41) is 3.62. The van der Waals surface area contributed by atoms with E-state index in [-0.39, 0.29) is 45.9 Å². The van der Waals surface area contributed by atoms with Gasteiger partial charge in [0.25, 0.3) is 0 Å². The summed E-state index contributed by atoms with van der Waals surface area (Å²) in [4.78, 5) is 15.3. The molecule has 0 bridgehead atoms. The Morgan fingerprint density at radius 3 is 2.71 bits per heavy atom. The third kappa shape index (κ3) is 3.77. The molecule has 2 aromatic rings. The van der Waals surface area contributed by atoms with Crippen LogP contribution in [0.4, 0.5) is 5.69 Å². The third-order valence-electron chi connectivity index (χ3n) is 2.07. The summed E-state index contributed by atoms with van der Waals surface area (Å²) >= 11 is 0. The number of nitrogens with one attached hydrogen (secondary N) is 2. The van der Waals surface area contributed by atoms with Crippen molar-refractivity contribution in [2.45, 2.75) is 0 Å². The van der Waals surface area contributed by atoms with E-state index in [9.17, 15) is 4.79 Å². The molecule has 0 unspecified atom stereocenters. The maximum atomic E-state index is 11.1. The Hall–Kier alpha value is -0.962. The van der Waals surface area contributed by atoms with E-state index in [0.29, 0.717) is 5.69 Å². The summed E-state index contributed by atoms with van der Waals surface area (Å²) in [5.41, 5.74) is 8.34. The maximum Gasteiger partial charge on any atom is 2.00 e. The van der Waals surface area contributed by atoms with Gasteiger partial charge in [0, 0.05) is 11.6 Å². The first-order chi connectivity index (χ1) is 7.31. The van der Waals surface area contributed by atoms with E-state index in [1.54, 1.807) is 12.3 Å². The minimum Gasteiger partial charge on any atom is -1.00 e. The van der Waals surface area contributed by atoms with Crippen LogP contribution in [0.1, 0.15) is 0 Å². The number of fused-ring (bicyclic) bond motifs is 1. The molecule has 1 aromatic heterocycles. The van der Waals surface area contributed by atoms with Crippen LogP contribution in [0.2, 0.25) is 0 Å². The molecule has 4 nitrogen and oxygen atoms in total. The number of anilines is 1. The van der Waals surface area contributed by atoms with E-state index in [1.165, 1.54) is 0 Å². The fraction of sp³-hybridized carbons (Fsp3) is 0.0909. The number of hydrogen-bond acceptors (Lipinski definition) is 2. The van der Waals surface area contributed by atoms with Crippen LogP contribution >= 0.6 is 0 Å². The van der Waals surface area contributed by atoms with Crippen molar-refractivity contribution in [3.05, 3.63) is 42.3 Å². The second-order valence-corrected chi connectivity index (χ2v) is 3.11. The second kappa shape index (κ2) is 7.38. The Labute approximate surface area is 120 Å². The minimum atomic E-state index is -0.326. The van der Waals surface area contributed by atoms with Gasteiger partial charge >= 0.3 is 21.1 Å². The number of benzene rings is 1. The van der Waals surface area contributed by atoms with Crippen LogP contribution < -0.4 is 17.7 Å². The van der Waals surface area contributed by atoms with Crippen molar-refractivity contribution in [3.63, 3.8) is 0 Å². The van der Waals surface area contributed by atoms with Gasteiger partial charge in [0.15, 0.2) is 0 Å². The van der Waals surface area contributed by atoms with E-state index < -0.39 is 0 Å². The van der Waals surface area contributed by atoms with Crippen molar-refractivity contribution >= 4 is 22.5 Å². The van der Waals surface area contributed by atoms with Crippen LogP contribution in [-0.4, -0.2) is 17.4 Å². The van der Waals surface area contributed by atoms with Crippen molar-refractivity contribution in [1.82, 2.24) is 4.98 Å². The first-order valence-electron chi connectivity index (χ1n) is 4.59. The summed E-state index contributed by atoms with van der Waals surface area (Å²) in [7, 11) is 0. The van der Waals surface area contributed by atoms with Gasteiger partial charge in [-0.1, -0.05) is 24.7 Å². The Bertz CT molecular complexity index is 502. The molecule has 0 fully saturated rings. The minimum absolute atomic E-state index is 0. The number of amides is 1. The Kier molecular flexibility index (Phi) is 6.96. The van der Waals surface area contributed by atoms with Crippen molar-refractivity contribution in [3.8, 4) is 0 Å². The van der Waals surface area contributed by atoms with E-state index in [2.05, 4.69) is 10.3 Å². The van der Waals surface area contributed by atoms with E-state index >= 15 is 0 Å². The predicted molar refractivity (Wildman–Crippen MR) is 59.6 cm³/mol. The average molecular weight is 431 g/mol. The Morgan fingerprint density at radius 2 is 2.00 bits per heavy atom. The molecule has 1 aromatic carbocycles. The van der Waals surface area contributed by atoms with Gasteiger partial charge in [-0.25, -0.2) is 0 Å². The van der Waals surface area contributed by atoms with Gasteiger partial charge in [0.1, 0.15) is 0 Å². The molecule has 0 saturated heterocycles. The molecule has 0 aliphatic rings. The number of halogens is 1. The van der Waals surface area contributed by atoms with Gasteiger partial charge in [-0.05, 0) is 12.1 Å². The SMILES string of the molecule is [Cl-].[NH-]CC(=O)Nc1cccc2cccnc12.[Pt+2]. The number of pyridine rings is 1. The van der Waals surface area contributed by atoms with E-state index in [1.807, 2.05) is 24.3 Å². The molecule has 6 heteroatoms. The predicted octanol–water partition coefficient (Wildman–Crippen LogP) is -0.773. The molecule has 0 spiro atoms. The molecule has 1 amide bonds. The summed E-state index contributed by atoms with van der Waals surface area (Å²) < 4.78 is 0. The molecule has 0 atom stereocenters. The van der Waals surface area contributed by atoms with Crippen molar-refractivity contribution in [2.75, 3.05) is 11.9 Å². The van der Waals surface area contributed by atoms with Gasteiger partial charge in [-0.2, -0.15) is 0 Å². The van der Waals surface area contributed by atoms with Gasteiger partial charge in [0.05, 0.1) is 11.2 Å². The molecule has 92 valence electrons. The molecular weight excluding hydrogens is 421 g/mol. The van der Waals surface area contributed by atoms with Gasteiger partial charge < -0.3 is 23.5 Å². The van der Waals surface area contributed by atoms with Crippen LogP contribution in [0.15, 0.2) is 36.5 Å². The molecular formula is C11H10ClN3OPt. The largest absolute Gasteiger partial charge is 2.00 e. The molecule has 0 aliphatic heterocycles. The maximum absolute atomic E-state index is 11.1. The molecule has 1 heterocycles. The molecule has 2 rings (SSSR count). The van der Waals surface area contributed by atoms with Gasteiger partial charge in [-0.15, -0.1) is 0 Å². The number of carbonyl (C=O) groups excluding carboxylic acids is 1. The zero-order valence-corrected chi connectivity index (χ0v) is 11.7. The fourth-order valence-electron chi connectivity index (χ4n) is 1.40. The standard InChI is InChI=1S/C11H10N3O.ClH.Pt/c12-7-10(15)14-9-5-1-3-8-4-2-6-13-11(8)9;;/h1-6,12H,7H2,(H,14,15);1H;/q-1;;+2/p-1. The van der Waals surface area contributed by atoms with E-state index in [4.69, 9.17) is 5.73 Å². The quantitative estimate of drug-likeness (QED) is 0.680. The molecule has 2 N–H and O–H groups in total. The first-order valence-corrected chi connectivity index (χ1v) is 4.59. The zero-order valence-electron chi connectivity index (χ0n) is 8.72. The number of nitrogens with zero attached hydrogens (tertiary/aromatic N) is 1. The number of para-hydroxylation sites is 1. The van der Waals surface area contributed by atoms with Crippen LogP contribution in [-0.2, 0) is 25.9 Å². The van der Waals surface area contributed by atoms with Crippen LogP contribution in [0.25, 0.3) is 16.6 Å². The number of aromatic nitrogens is 1. The topological polar surface area (TPSA) is 65.8 Å². The van der Waals surface area contributed by atoms with Crippen LogP contribution in [0.3, 0.4) is 0 Å². The normalized spacial score (nSPS) is 9.00. The summed E-state index contributed by atoms with van der Waals surface area (Å²) in [6.45, 7) is -0.275. The second-order valence-electron chi connectivity index (χ2n) is 3.11. The van der Waals surface area contributed by atoms with Crippen molar-refractivity contribution in [1.29, 1.82) is 0 Å². The molecule has 0 aliphatic carbocycles. The third-order valence-corrected chi connectivity index (χ3v) is 2.07. The summed E-state index contributed by atoms with van der Waals surface area (Å²) in [6, 6.07) is 9.34. The zero-order chi connectivity index (χ0) is 10.7. The van der Waals surface area contributed by atoms with Crippen molar-refractivity contribution < 1.29 is 38.3 Å². The van der Waals surface area contributed by atoms with Crippen molar-refractivity contribution in [2.24, 2.45) is 0 Å². The van der Waals surface area contributed by atoms with E-state index in [0.717, 1.165) is 10.9 Å². The van der Waals surface area contributed by atoms with Gasteiger partial charge in [-0.3, -0.25) is 9.78 Å². The number of rotatable bonds is 2. The monoisotopic (exact) mass is 430 g/mol. The molecule has 17 heavy (non-hydrogen) atoms. The number of carbonyl (C=O) groups is 1. The fourth-order valence-corrected chi connectivity index (χ4v) is 1.40. The number of hydrogen-bond donors (Lipinski definition) is 1. The Morgan fingerprint density at radius 1 is 1.29 bits per heavy atom. The van der Waals surface area contributed by atoms with Crippen LogP contribution in [0, 0.1) is 0 Å². The Balaban J connectivity index is 0.00000128. The smallest absolute Gasteiger partial charge is 1.00 e. The summed E-state index contributed by atoms with van der Waals surface area (Å²) in [6.07, 6.45) is 1.68. The molecule has 0 radical (unpaired) electrons. The first kappa shape index (κ1) is 16.0. The van der Waals surface area contributed by atoms with Crippen LogP contribution in [0.5, 0.6) is 0 Å². The average Bonchev–Trinajstić information content (AvgIpc) is 2.29.